The van der Waals surface area contributed by atoms with E-state index in [0.717, 1.165) is 5.75 Å². The van der Waals surface area contributed by atoms with E-state index in [0.29, 0.717) is 0 Å². The van der Waals surface area contributed by atoms with Crippen molar-refractivity contribution in [3.63, 3.8) is 0 Å². The molecule has 0 N–H and O–H groups in total. The Balaban J connectivity index is 2.98. The molecule has 0 saturated carbocycles. The summed E-state index contributed by atoms with van der Waals surface area (Å²) in [5.41, 5.74) is 0. The standard InChI is InChI=1S/C30H61S/c1-2-3-4-5-6-7-8-9-10-11-12-13-14-15-16-17-18-19-20-21-22-23-24-25-26-27-28-29-30-31/h2-30H2,1H3. The lowest BCUT2D eigenvalue weighted by atomic mass is 10.0. The second-order valence-corrected chi connectivity index (χ2v) is 10.7. The Labute approximate surface area is 204 Å². The Morgan fingerprint density at radius 3 is 0.581 bits per heavy atom. The van der Waals surface area contributed by atoms with E-state index in [4.69, 9.17) is 12.6 Å². The molecule has 0 aromatic heterocycles. The minimum Gasteiger partial charge on any atom is -0.0942 e. The van der Waals surface area contributed by atoms with Crippen molar-refractivity contribution in [2.75, 3.05) is 5.75 Å². The van der Waals surface area contributed by atoms with Crippen LogP contribution < -0.4 is 0 Å². The average molecular weight is 454 g/mol. The van der Waals surface area contributed by atoms with Gasteiger partial charge in [-0.3, -0.25) is 0 Å². The van der Waals surface area contributed by atoms with E-state index in [1.54, 1.807) is 0 Å². The number of rotatable bonds is 28. The molecule has 0 aliphatic rings. The molecule has 31 heavy (non-hydrogen) atoms. The SMILES string of the molecule is CCCCCCCCCCCCCCCCCCCCCCCCCCCCCC[S]. The summed E-state index contributed by atoms with van der Waals surface area (Å²) >= 11 is 4.99. The van der Waals surface area contributed by atoms with E-state index in [9.17, 15) is 0 Å². The largest absolute Gasteiger partial charge is 0.0942 e. The summed E-state index contributed by atoms with van der Waals surface area (Å²) in [7, 11) is 0. The van der Waals surface area contributed by atoms with Gasteiger partial charge in [0.2, 0.25) is 0 Å². The van der Waals surface area contributed by atoms with Crippen LogP contribution in [0.4, 0.5) is 0 Å². The molecule has 0 aliphatic carbocycles. The number of unbranched alkanes of at least 4 members (excludes halogenated alkanes) is 27. The first-order chi connectivity index (χ1) is 15.4. The molecular weight excluding hydrogens is 392 g/mol. The van der Waals surface area contributed by atoms with Gasteiger partial charge in [0.1, 0.15) is 0 Å². The van der Waals surface area contributed by atoms with Crippen LogP contribution in [-0.2, 0) is 0 Å². The highest BCUT2D eigenvalue weighted by Crippen LogP contribution is 2.16. The summed E-state index contributed by atoms with van der Waals surface area (Å²) in [6, 6.07) is 0. The number of hydrogen-bond donors (Lipinski definition) is 0. The summed E-state index contributed by atoms with van der Waals surface area (Å²) in [5.74, 6) is 0.958. The monoisotopic (exact) mass is 453 g/mol. The second kappa shape index (κ2) is 30.4. The van der Waals surface area contributed by atoms with Gasteiger partial charge in [0, 0.05) is 5.75 Å². The lowest BCUT2D eigenvalue weighted by Gasteiger charge is -2.04. The Kier molecular flexibility index (Phi) is 30.7. The van der Waals surface area contributed by atoms with Gasteiger partial charge < -0.3 is 0 Å². The molecule has 0 amide bonds. The smallest absolute Gasteiger partial charge is 0.00369 e. The first kappa shape index (κ1) is 31.4. The van der Waals surface area contributed by atoms with Crippen molar-refractivity contribution in [1.29, 1.82) is 0 Å². The van der Waals surface area contributed by atoms with E-state index in [-0.39, 0.29) is 0 Å². The molecule has 0 nitrogen and oxygen atoms in total. The van der Waals surface area contributed by atoms with Gasteiger partial charge in [-0.25, -0.2) is 0 Å². The highest BCUT2D eigenvalue weighted by atomic mass is 32.1. The Morgan fingerprint density at radius 2 is 0.419 bits per heavy atom. The Hall–Kier alpha value is 0.350. The molecule has 0 fully saturated rings. The van der Waals surface area contributed by atoms with Crippen molar-refractivity contribution in [2.45, 2.75) is 187 Å². The first-order valence-corrected chi connectivity index (χ1v) is 15.6. The van der Waals surface area contributed by atoms with E-state index in [1.807, 2.05) is 0 Å². The molecule has 187 valence electrons. The minimum absolute atomic E-state index is 0.958. The maximum absolute atomic E-state index is 4.99. The molecule has 0 aliphatic heterocycles. The summed E-state index contributed by atoms with van der Waals surface area (Å²) in [6.45, 7) is 2.30. The minimum atomic E-state index is 0.958. The third-order valence-corrected chi connectivity index (χ3v) is 7.29. The predicted molar refractivity (Wildman–Crippen MR) is 147 cm³/mol. The zero-order chi connectivity index (χ0) is 22.5. The van der Waals surface area contributed by atoms with Crippen LogP contribution in [0.5, 0.6) is 0 Å². The van der Waals surface area contributed by atoms with E-state index < -0.39 is 0 Å². The molecule has 0 bridgehead atoms. The molecule has 0 rings (SSSR count). The van der Waals surface area contributed by atoms with Gasteiger partial charge in [0.15, 0.2) is 0 Å². The summed E-state index contributed by atoms with van der Waals surface area (Å²) in [6.07, 6.45) is 40.9. The molecule has 1 heteroatoms. The molecule has 1 radical (unpaired) electrons. The van der Waals surface area contributed by atoms with Gasteiger partial charge >= 0.3 is 0 Å². The fraction of sp³-hybridized carbons (Fsp3) is 1.00. The fourth-order valence-corrected chi connectivity index (χ4v) is 4.98. The Bertz CT molecular complexity index is 260. The maximum Gasteiger partial charge on any atom is 0.00369 e. The van der Waals surface area contributed by atoms with Gasteiger partial charge in [-0.2, -0.15) is 0 Å². The summed E-state index contributed by atoms with van der Waals surface area (Å²) in [4.78, 5) is 0. The van der Waals surface area contributed by atoms with Gasteiger partial charge in [-0.1, -0.05) is 193 Å². The fourth-order valence-electron chi connectivity index (χ4n) is 4.77. The average Bonchev–Trinajstić information content (AvgIpc) is 2.78. The quantitative estimate of drug-likeness (QED) is 0.103. The topological polar surface area (TPSA) is 0 Å². The molecule has 0 aromatic rings. The summed E-state index contributed by atoms with van der Waals surface area (Å²) in [5, 5.41) is 0. The van der Waals surface area contributed by atoms with Crippen molar-refractivity contribution in [2.24, 2.45) is 0 Å². The van der Waals surface area contributed by atoms with Crippen LogP contribution in [0.2, 0.25) is 0 Å². The van der Waals surface area contributed by atoms with Crippen LogP contribution in [0.1, 0.15) is 187 Å². The normalized spacial score (nSPS) is 11.4. The van der Waals surface area contributed by atoms with Crippen molar-refractivity contribution >= 4 is 12.6 Å². The van der Waals surface area contributed by atoms with Crippen LogP contribution in [0.25, 0.3) is 0 Å². The molecule has 0 aromatic carbocycles. The van der Waals surface area contributed by atoms with Crippen molar-refractivity contribution in [1.82, 2.24) is 0 Å². The number of hydrogen-bond acceptors (Lipinski definition) is 0. The van der Waals surface area contributed by atoms with Crippen LogP contribution >= 0.6 is 12.6 Å². The van der Waals surface area contributed by atoms with Crippen molar-refractivity contribution in [3.8, 4) is 0 Å². The van der Waals surface area contributed by atoms with Gasteiger partial charge in [0.05, 0.1) is 0 Å². The summed E-state index contributed by atoms with van der Waals surface area (Å²) < 4.78 is 0. The zero-order valence-corrected chi connectivity index (χ0v) is 22.7. The lowest BCUT2D eigenvalue weighted by molar-refractivity contribution is 0.514. The molecular formula is C30H61S. The highest BCUT2D eigenvalue weighted by Gasteiger charge is 1.96. The highest BCUT2D eigenvalue weighted by molar-refractivity contribution is 7.80. The van der Waals surface area contributed by atoms with Crippen LogP contribution in [0, 0.1) is 0 Å². The third-order valence-electron chi connectivity index (χ3n) is 7.00. The van der Waals surface area contributed by atoms with E-state index in [1.165, 1.54) is 180 Å². The molecule has 0 spiro atoms. The molecule has 0 atom stereocenters. The van der Waals surface area contributed by atoms with Gasteiger partial charge in [-0.15, -0.1) is 0 Å². The van der Waals surface area contributed by atoms with Crippen LogP contribution in [-0.4, -0.2) is 5.75 Å². The van der Waals surface area contributed by atoms with Gasteiger partial charge in [-0.05, 0) is 6.42 Å². The van der Waals surface area contributed by atoms with Gasteiger partial charge in [0.25, 0.3) is 0 Å². The molecule has 0 saturated heterocycles. The first-order valence-electron chi connectivity index (χ1n) is 15.0. The second-order valence-electron chi connectivity index (χ2n) is 10.3. The lowest BCUT2D eigenvalue weighted by Crippen LogP contribution is -1.85. The van der Waals surface area contributed by atoms with Crippen LogP contribution in [0.3, 0.4) is 0 Å². The van der Waals surface area contributed by atoms with Crippen LogP contribution in [0.15, 0.2) is 0 Å². The van der Waals surface area contributed by atoms with E-state index >= 15 is 0 Å². The Morgan fingerprint density at radius 1 is 0.258 bits per heavy atom. The van der Waals surface area contributed by atoms with Crippen molar-refractivity contribution < 1.29 is 0 Å². The van der Waals surface area contributed by atoms with E-state index in [2.05, 4.69) is 6.92 Å². The third kappa shape index (κ3) is 30.4. The zero-order valence-electron chi connectivity index (χ0n) is 21.9. The molecule has 0 heterocycles. The molecule has 0 unspecified atom stereocenters. The predicted octanol–water partition coefficient (Wildman–Crippen LogP) is 12.1. The maximum atomic E-state index is 4.99. The van der Waals surface area contributed by atoms with Crippen molar-refractivity contribution in [3.05, 3.63) is 0 Å².